The third-order valence-corrected chi connectivity index (χ3v) is 3.42. The van der Waals surface area contributed by atoms with Crippen molar-refractivity contribution in [1.82, 2.24) is 0 Å². The van der Waals surface area contributed by atoms with Crippen molar-refractivity contribution < 1.29 is 8.78 Å². The van der Waals surface area contributed by atoms with Crippen molar-refractivity contribution in [1.29, 1.82) is 0 Å². The van der Waals surface area contributed by atoms with Crippen molar-refractivity contribution in [3.8, 4) is 0 Å². The van der Waals surface area contributed by atoms with Crippen molar-refractivity contribution in [2.24, 2.45) is 5.73 Å². The topological polar surface area (TPSA) is 26.0 Å². The Morgan fingerprint density at radius 1 is 1.25 bits per heavy atom. The van der Waals surface area contributed by atoms with E-state index in [4.69, 9.17) is 5.73 Å². The van der Waals surface area contributed by atoms with Crippen LogP contribution in [0.5, 0.6) is 0 Å². The number of hydrogen-bond acceptors (Lipinski definition) is 2. The van der Waals surface area contributed by atoms with E-state index in [9.17, 15) is 8.78 Å². The zero-order chi connectivity index (χ0) is 11.7. The minimum Gasteiger partial charge on any atom is -0.320 e. The lowest BCUT2D eigenvalue weighted by Crippen LogP contribution is -2.15. The highest BCUT2D eigenvalue weighted by Gasteiger charge is 2.19. The predicted molar refractivity (Wildman–Crippen MR) is 64.4 cm³/mol. The van der Waals surface area contributed by atoms with Crippen molar-refractivity contribution >= 4 is 27.3 Å². The van der Waals surface area contributed by atoms with Gasteiger partial charge >= 0.3 is 0 Å². The van der Waals surface area contributed by atoms with E-state index in [0.29, 0.717) is 10.0 Å². The molecule has 0 aliphatic carbocycles. The first-order valence-electron chi connectivity index (χ1n) is 4.51. The van der Waals surface area contributed by atoms with Crippen molar-refractivity contribution in [2.45, 2.75) is 6.04 Å². The minimum absolute atomic E-state index is 0.0957. The molecule has 2 N–H and O–H groups in total. The van der Waals surface area contributed by atoms with Gasteiger partial charge in [-0.1, -0.05) is 15.9 Å². The fourth-order valence-corrected chi connectivity index (χ4v) is 2.57. The highest BCUT2D eigenvalue weighted by molar-refractivity contribution is 9.10. The zero-order valence-electron chi connectivity index (χ0n) is 8.08. The second kappa shape index (κ2) is 4.61. The molecule has 84 valence electrons. The lowest BCUT2D eigenvalue weighted by molar-refractivity contribution is 0.542. The maximum atomic E-state index is 13.6. The van der Waals surface area contributed by atoms with E-state index in [1.165, 1.54) is 23.5 Å². The Balaban J connectivity index is 2.48. The average Bonchev–Trinajstić information content (AvgIpc) is 2.67. The van der Waals surface area contributed by atoms with E-state index in [2.05, 4.69) is 15.9 Å². The Morgan fingerprint density at radius 3 is 2.38 bits per heavy atom. The molecule has 2 rings (SSSR count). The van der Waals surface area contributed by atoms with Crippen LogP contribution in [-0.2, 0) is 0 Å². The maximum Gasteiger partial charge on any atom is 0.132 e. The molecule has 1 atom stereocenters. The first-order chi connectivity index (χ1) is 7.59. The number of thiophene rings is 1. The number of nitrogens with two attached hydrogens (primary N) is 1. The molecule has 2 aromatic rings. The molecule has 0 unspecified atom stereocenters. The third-order valence-electron chi connectivity index (χ3n) is 2.26. The van der Waals surface area contributed by atoms with Gasteiger partial charge in [0.1, 0.15) is 11.6 Å². The Hall–Kier alpha value is -0.780. The molecule has 0 fully saturated rings. The van der Waals surface area contributed by atoms with Crippen LogP contribution in [0, 0.1) is 11.6 Å². The van der Waals surface area contributed by atoms with Crippen LogP contribution in [0.15, 0.2) is 33.4 Å². The Labute approximate surface area is 104 Å². The SMILES string of the molecule is N[C@H](c1ccsc1)c1c(F)cc(Br)cc1F. The highest BCUT2D eigenvalue weighted by Crippen LogP contribution is 2.28. The molecule has 1 nitrogen and oxygen atoms in total. The van der Waals surface area contributed by atoms with Gasteiger partial charge in [0.05, 0.1) is 6.04 Å². The summed E-state index contributed by atoms with van der Waals surface area (Å²) in [6.45, 7) is 0. The van der Waals surface area contributed by atoms with E-state index >= 15 is 0 Å². The summed E-state index contributed by atoms with van der Waals surface area (Å²) in [5.41, 5.74) is 6.44. The zero-order valence-corrected chi connectivity index (χ0v) is 10.5. The van der Waals surface area contributed by atoms with Gasteiger partial charge in [0.15, 0.2) is 0 Å². The largest absolute Gasteiger partial charge is 0.320 e. The second-order valence-corrected chi connectivity index (χ2v) is 5.01. The Kier molecular flexibility index (Phi) is 3.37. The summed E-state index contributed by atoms with van der Waals surface area (Å²) in [6.07, 6.45) is 0. The third kappa shape index (κ3) is 2.16. The summed E-state index contributed by atoms with van der Waals surface area (Å²) >= 11 is 4.47. The van der Waals surface area contributed by atoms with Crippen molar-refractivity contribution in [3.05, 3.63) is 56.2 Å². The van der Waals surface area contributed by atoms with Crippen molar-refractivity contribution in [3.63, 3.8) is 0 Å². The van der Waals surface area contributed by atoms with Gasteiger partial charge < -0.3 is 5.73 Å². The highest BCUT2D eigenvalue weighted by atomic mass is 79.9. The van der Waals surface area contributed by atoms with E-state index in [0.717, 1.165) is 0 Å². The quantitative estimate of drug-likeness (QED) is 0.896. The van der Waals surface area contributed by atoms with Gasteiger partial charge in [-0.2, -0.15) is 11.3 Å². The van der Waals surface area contributed by atoms with Gasteiger partial charge in [0.2, 0.25) is 0 Å². The van der Waals surface area contributed by atoms with Crippen LogP contribution >= 0.6 is 27.3 Å². The normalized spacial score (nSPS) is 12.8. The molecule has 0 radical (unpaired) electrons. The molecule has 1 aromatic carbocycles. The monoisotopic (exact) mass is 303 g/mol. The summed E-state index contributed by atoms with van der Waals surface area (Å²) in [5, 5.41) is 3.61. The van der Waals surface area contributed by atoms with Crippen LogP contribution in [0.1, 0.15) is 17.2 Å². The van der Waals surface area contributed by atoms with Gasteiger partial charge in [-0.3, -0.25) is 0 Å². The van der Waals surface area contributed by atoms with E-state index in [-0.39, 0.29) is 5.56 Å². The number of hydrogen-bond donors (Lipinski definition) is 1. The molecule has 0 amide bonds. The molecule has 0 bridgehead atoms. The maximum absolute atomic E-state index is 13.6. The minimum atomic E-state index is -0.764. The molecule has 5 heteroatoms. The Morgan fingerprint density at radius 2 is 1.88 bits per heavy atom. The van der Waals surface area contributed by atoms with E-state index < -0.39 is 17.7 Å². The summed E-state index contributed by atoms with van der Waals surface area (Å²) in [7, 11) is 0. The van der Waals surface area contributed by atoms with Crippen LogP contribution in [0.3, 0.4) is 0 Å². The molecule has 1 heterocycles. The van der Waals surface area contributed by atoms with Crippen LogP contribution < -0.4 is 5.73 Å². The lowest BCUT2D eigenvalue weighted by atomic mass is 10.0. The van der Waals surface area contributed by atoms with Crippen molar-refractivity contribution in [2.75, 3.05) is 0 Å². The Bertz CT molecular complexity index is 476. The molecule has 16 heavy (non-hydrogen) atoms. The summed E-state index contributed by atoms with van der Waals surface area (Å²) in [6, 6.07) is 3.42. The summed E-state index contributed by atoms with van der Waals surface area (Å²) in [4.78, 5) is 0. The van der Waals surface area contributed by atoms with Gasteiger partial charge in [0, 0.05) is 10.0 Å². The van der Waals surface area contributed by atoms with Gasteiger partial charge in [-0.05, 0) is 34.5 Å². The van der Waals surface area contributed by atoms with Crippen LogP contribution in [-0.4, -0.2) is 0 Å². The molecule has 1 aromatic heterocycles. The smallest absolute Gasteiger partial charge is 0.132 e. The van der Waals surface area contributed by atoms with Gasteiger partial charge in [-0.25, -0.2) is 8.78 Å². The average molecular weight is 304 g/mol. The fourth-order valence-electron chi connectivity index (χ4n) is 1.47. The van der Waals surface area contributed by atoms with Crippen LogP contribution in [0.2, 0.25) is 0 Å². The first-order valence-corrected chi connectivity index (χ1v) is 6.25. The standard InChI is InChI=1S/C11H8BrF2NS/c12-7-3-8(13)10(9(14)4-7)11(15)6-1-2-16-5-6/h1-5,11H,15H2/t11-/m1/s1. The molecule has 0 saturated heterocycles. The second-order valence-electron chi connectivity index (χ2n) is 3.32. The first kappa shape index (κ1) is 11.7. The number of halogens is 3. The fraction of sp³-hybridized carbons (Fsp3) is 0.0909. The molecule has 0 aliphatic rings. The molecular weight excluding hydrogens is 296 g/mol. The molecular formula is C11H8BrF2NS. The van der Waals surface area contributed by atoms with Crippen LogP contribution in [0.25, 0.3) is 0 Å². The number of benzene rings is 1. The molecule has 0 spiro atoms. The molecule has 0 aliphatic heterocycles. The van der Waals surface area contributed by atoms with Gasteiger partial charge in [0.25, 0.3) is 0 Å². The van der Waals surface area contributed by atoms with E-state index in [1.807, 2.05) is 5.38 Å². The molecule has 0 saturated carbocycles. The summed E-state index contributed by atoms with van der Waals surface area (Å²) < 4.78 is 27.6. The summed E-state index contributed by atoms with van der Waals surface area (Å²) in [5.74, 6) is -1.27. The number of rotatable bonds is 2. The lowest BCUT2D eigenvalue weighted by Gasteiger charge is -2.13. The van der Waals surface area contributed by atoms with Crippen LogP contribution in [0.4, 0.5) is 8.78 Å². The van der Waals surface area contributed by atoms with Gasteiger partial charge in [-0.15, -0.1) is 0 Å². The van der Waals surface area contributed by atoms with E-state index in [1.54, 1.807) is 11.4 Å². The predicted octanol–water partition coefficient (Wildman–Crippen LogP) is 3.84.